The number of aryl methyl sites for hydroxylation is 2. The van der Waals surface area contributed by atoms with E-state index in [9.17, 15) is 4.79 Å². The molecule has 0 spiro atoms. The number of carbonyl (C=O) groups is 1. The molecule has 2 aromatic heterocycles. The van der Waals surface area contributed by atoms with Crippen molar-refractivity contribution in [1.29, 1.82) is 0 Å². The Morgan fingerprint density at radius 2 is 2.15 bits per heavy atom. The molecule has 0 radical (unpaired) electrons. The van der Waals surface area contributed by atoms with Gasteiger partial charge in [-0.2, -0.15) is 0 Å². The standard InChI is InChI=1S/C21H23N3OS2/c1-5-16-11-17-19(22-14(4)23-20(17)27-16)26-13(3)21(25)24-12(2)10-15-8-6-7-9-18(15)24/h6-9,11-13H,5,10H2,1-4H3. The van der Waals surface area contributed by atoms with Crippen LogP contribution >= 0.6 is 23.1 Å². The van der Waals surface area contributed by atoms with E-state index in [4.69, 9.17) is 0 Å². The van der Waals surface area contributed by atoms with Crippen molar-refractivity contribution in [1.82, 2.24) is 9.97 Å². The van der Waals surface area contributed by atoms with Gasteiger partial charge in [0.05, 0.1) is 5.25 Å². The van der Waals surface area contributed by atoms with E-state index in [1.165, 1.54) is 10.4 Å². The number of thiophene rings is 1. The lowest BCUT2D eigenvalue weighted by Gasteiger charge is -2.25. The largest absolute Gasteiger partial charge is 0.308 e. The SMILES string of the molecule is CCc1cc2c(SC(C)C(=O)N3c4ccccc4CC3C)nc(C)nc2s1. The Hall–Kier alpha value is -1.92. The second kappa shape index (κ2) is 7.24. The average Bonchev–Trinajstić information content (AvgIpc) is 3.20. The van der Waals surface area contributed by atoms with E-state index < -0.39 is 0 Å². The molecule has 140 valence electrons. The average molecular weight is 398 g/mol. The fourth-order valence-corrected chi connectivity index (χ4v) is 5.72. The van der Waals surface area contributed by atoms with E-state index in [-0.39, 0.29) is 17.2 Å². The summed E-state index contributed by atoms with van der Waals surface area (Å²) in [7, 11) is 0. The lowest BCUT2D eigenvalue weighted by Crippen LogP contribution is -2.40. The number of thioether (sulfide) groups is 1. The van der Waals surface area contributed by atoms with Crippen molar-refractivity contribution in [3.8, 4) is 0 Å². The van der Waals surface area contributed by atoms with Crippen molar-refractivity contribution in [2.75, 3.05) is 4.90 Å². The Kier molecular flexibility index (Phi) is 4.95. The first kappa shape index (κ1) is 18.4. The van der Waals surface area contributed by atoms with Crippen molar-refractivity contribution < 1.29 is 4.79 Å². The van der Waals surface area contributed by atoms with Gasteiger partial charge in [0.15, 0.2) is 0 Å². The smallest absolute Gasteiger partial charge is 0.240 e. The predicted octanol–water partition coefficient (Wildman–Crippen LogP) is 5.02. The van der Waals surface area contributed by atoms with Crippen LogP contribution in [-0.2, 0) is 17.6 Å². The molecule has 2 unspecified atom stereocenters. The molecule has 27 heavy (non-hydrogen) atoms. The van der Waals surface area contributed by atoms with Gasteiger partial charge in [0.1, 0.15) is 15.7 Å². The fraction of sp³-hybridized carbons (Fsp3) is 0.381. The molecule has 1 amide bonds. The van der Waals surface area contributed by atoms with Gasteiger partial charge in [-0.05, 0) is 51.3 Å². The number of hydrogen-bond donors (Lipinski definition) is 0. The lowest BCUT2D eigenvalue weighted by atomic mass is 10.1. The van der Waals surface area contributed by atoms with Crippen LogP contribution in [0.25, 0.3) is 10.2 Å². The third-order valence-electron chi connectivity index (χ3n) is 4.95. The summed E-state index contributed by atoms with van der Waals surface area (Å²) in [4.78, 5) is 26.8. The van der Waals surface area contributed by atoms with Crippen LogP contribution in [0.2, 0.25) is 0 Å². The van der Waals surface area contributed by atoms with Gasteiger partial charge in [-0.3, -0.25) is 4.79 Å². The van der Waals surface area contributed by atoms with E-state index in [1.807, 2.05) is 36.9 Å². The molecule has 3 heterocycles. The number of para-hydroxylation sites is 1. The maximum Gasteiger partial charge on any atom is 0.240 e. The van der Waals surface area contributed by atoms with Crippen LogP contribution in [0, 0.1) is 6.92 Å². The Morgan fingerprint density at radius 1 is 1.37 bits per heavy atom. The lowest BCUT2D eigenvalue weighted by molar-refractivity contribution is -0.118. The van der Waals surface area contributed by atoms with E-state index >= 15 is 0 Å². The molecule has 0 saturated heterocycles. The Balaban J connectivity index is 1.63. The Morgan fingerprint density at radius 3 is 2.93 bits per heavy atom. The summed E-state index contributed by atoms with van der Waals surface area (Å²) in [5.41, 5.74) is 2.30. The number of benzene rings is 1. The van der Waals surface area contributed by atoms with Crippen molar-refractivity contribution >= 4 is 44.9 Å². The van der Waals surface area contributed by atoms with Crippen molar-refractivity contribution in [3.05, 3.63) is 46.6 Å². The van der Waals surface area contributed by atoms with E-state index in [0.717, 1.165) is 39.6 Å². The van der Waals surface area contributed by atoms with E-state index in [2.05, 4.69) is 35.9 Å². The van der Waals surface area contributed by atoms with Crippen LogP contribution in [0.4, 0.5) is 5.69 Å². The minimum Gasteiger partial charge on any atom is -0.308 e. The zero-order valence-corrected chi connectivity index (χ0v) is 17.7. The summed E-state index contributed by atoms with van der Waals surface area (Å²) in [5, 5.41) is 1.78. The minimum atomic E-state index is -0.207. The van der Waals surface area contributed by atoms with Gasteiger partial charge >= 0.3 is 0 Å². The minimum absolute atomic E-state index is 0.146. The molecule has 0 fully saturated rings. The Bertz CT molecular complexity index is 1010. The molecule has 4 rings (SSSR count). The number of carbonyl (C=O) groups excluding carboxylic acids is 1. The van der Waals surface area contributed by atoms with Gasteiger partial charge < -0.3 is 4.90 Å². The van der Waals surface area contributed by atoms with Gasteiger partial charge in [-0.1, -0.05) is 36.9 Å². The molecule has 1 aliphatic rings. The summed E-state index contributed by atoms with van der Waals surface area (Å²) in [6, 6.07) is 10.6. The number of aromatic nitrogens is 2. The quantitative estimate of drug-likeness (QED) is 0.458. The first-order valence-electron chi connectivity index (χ1n) is 9.32. The van der Waals surface area contributed by atoms with Gasteiger partial charge in [0.2, 0.25) is 5.91 Å². The molecule has 6 heteroatoms. The molecule has 1 aromatic carbocycles. The summed E-state index contributed by atoms with van der Waals surface area (Å²) < 4.78 is 0. The van der Waals surface area contributed by atoms with Crippen molar-refractivity contribution in [2.24, 2.45) is 0 Å². The van der Waals surface area contributed by atoms with Crippen molar-refractivity contribution in [2.45, 2.75) is 56.9 Å². The summed E-state index contributed by atoms with van der Waals surface area (Å²) in [6.45, 7) is 8.17. The molecular formula is C21H23N3OS2. The zero-order valence-electron chi connectivity index (χ0n) is 16.0. The number of rotatable bonds is 4. The molecule has 3 aromatic rings. The summed E-state index contributed by atoms with van der Waals surface area (Å²) in [6.07, 6.45) is 1.90. The highest BCUT2D eigenvalue weighted by Gasteiger charge is 2.33. The monoisotopic (exact) mass is 397 g/mol. The van der Waals surface area contributed by atoms with Crippen LogP contribution in [-0.4, -0.2) is 27.2 Å². The zero-order chi connectivity index (χ0) is 19.1. The van der Waals surface area contributed by atoms with Crippen LogP contribution in [0.1, 0.15) is 37.0 Å². The topological polar surface area (TPSA) is 46.1 Å². The maximum absolute atomic E-state index is 13.3. The van der Waals surface area contributed by atoms with Crippen LogP contribution < -0.4 is 4.90 Å². The number of amides is 1. The summed E-state index contributed by atoms with van der Waals surface area (Å²) >= 11 is 3.26. The van der Waals surface area contributed by atoms with Gasteiger partial charge in [0, 0.05) is 22.0 Å². The number of anilines is 1. The predicted molar refractivity (Wildman–Crippen MR) is 114 cm³/mol. The first-order chi connectivity index (χ1) is 13.0. The highest BCUT2D eigenvalue weighted by atomic mass is 32.2. The molecule has 0 saturated carbocycles. The molecule has 0 N–H and O–H groups in total. The normalized spacial score (nSPS) is 17.3. The highest BCUT2D eigenvalue weighted by molar-refractivity contribution is 8.00. The first-order valence-corrected chi connectivity index (χ1v) is 11.0. The second-order valence-electron chi connectivity index (χ2n) is 7.01. The Labute approximate surface area is 168 Å². The van der Waals surface area contributed by atoms with Gasteiger partial charge in [-0.25, -0.2) is 9.97 Å². The third-order valence-corrected chi connectivity index (χ3v) is 7.21. The second-order valence-corrected chi connectivity index (χ2v) is 9.46. The summed E-state index contributed by atoms with van der Waals surface area (Å²) in [5.74, 6) is 0.904. The third kappa shape index (κ3) is 3.36. The van der Waals surface area contributed by atoms with Crippen molar-refractivity contribution in [3.63, 3.8) is 0 Å². The van der Waals surface area contributed by atoms with Crippen LogP contribution in [0.15, 0.2) is 35.4 Å². The molecule has 0 aliphatic carbocycles. The van der Waals surface area contributed by atoms with Gasteiger partial charge in [0.25, 0.3) is 0 Å². The fourth-order valence-electron chi connectivity index (χ4n) is 3.63. The number of hydrogen-bond acceptors (Lipinski definition) is 5. The highest BCUT2D eigenvalue weighted by Crippen LogP contribution is 2.37. The molecule has 0 bridgehead atoms. The molecule has 1 aliphatic heterocycles. The number of fused-ring (bicyclic) bond motifs is 2. The molecule has 2 atom stereocenters. The van der Waals surface area contributed by atoms with Gasteiger partial charge in [-0.15, -0.1) is 11.3 Å². The van der Waals surface area contributed by atoms with E-state index in [1.54, 1.807) is 23.1 Å². The molecule has 4 nitrogen and oxygen atoms in total. The van der Waals surface area contributed by atoms with Crippen LogP contribution in [0.3, 0.4) is 0 Å². The molecular weight excluding hydrogens is 374 g/mol. The number of nitrogens with zero attached hydrogens (tertiary/aromatic N) is 3. The maximum atomic E-state index is 13.3. The van der Waals surface area contributed by atoms with E-state index in [0.29, 0.717) is 0 Å². The van der Waals surface area contributed by atoms with Crippen LogP contribution in [0.5, 0.6) is 0 Å².